The summed E-state index contributed by atoms with van der Waals surface area (Å²) >= 11 is 0. The molecule has 1 fully saturated rings. The number of anilines is 1. The van der Waals surface area contributed by atoms with Crippen molar-refractivity contribution in [2.24, 2.45) is 5.92 Å². The molecule has 4 heteroatoms. The average Bonchev–Trinajstić information content (AvgIpc) is 2.60. The molecule has 0 spiro atoms. The van der Waals surface area contributed by atoms with Crippen LogP contribution in [0.4, 0.5) is 5.69 Å². The van der Waals surface area contributed by atoms with Gasteiger partial charge in [-0.3, -0.25) is 9.69 Å². The summed E-state index contributed by atoms with van der Waals surface area (Å²) in [6.45, 7) is 7.80. The van der Waals surface area contributed by atoms with Gasteiger partial charge < -0.3 is 10.0 Å². The molecule has 4 atom stereocenters. The maximum atomic E-state index is 13.3. The van der Waals surface area contributed by atoms with E-state index in [0.717, 1.165) is 44.5 Å². The lowest BCUT2D eigenvalue weighted by Gasteiger charge is -2.42. The quantitative estimate of drug-likeness (QED) is 0.927. The van der Waals surface area contributed by atoms with Crippen LogP contribution in [0.1, 0.15) is 45.6 Å². The number of rotatable bonds is 3. The van der Waals surface area contributed by atoms with E-state index in [2.05, 4.69) is 30.0 Å². The van der Waals surface area contributed by atoms with Crippen LogP contribution in [0.25, 0.3) is 0 Å². The molecule has 1 aromatic rings. The molecule has 0 aliphatic carbocycles. The van der Waals surface area contributed by atoms with E-state index in [0.29, 0.717) is 0 Å². The van der Waals surface area contributed by atoms with E-state index in [1.54, 1.807) is 0 Å². The molecular weight excluding hydrogens is 300 g/mol. The van der Waals surface area contributed by atoms with Crippen LogP contribution in [-0.4, -0.2) is 47.2 Å². The lowest BCUT2D eigenvalue weighted by Crippen LogP contribution is -2.54. The highest BCUT2D eigenvalue weighted by Gasteiger charge is 2.35. The molecule has 132 valence electrons. The van der Waals surface area contributed by atoms with Gasteiger partial charge in [-0.2, -0.15) is 0 Å². The monoisotopic (exact) mass is 330 g/mol. The smallest absolute Gasteiger partial charge is 0.244 e. The molecule has 4 nitrogen and oxygen atoms in total. The first kappa shape index (κ1) is 17.4. The first-order valence-electron chi connectivity index (χ1n) is 9.32. The second-order valence-corrected chi connectivity index (χ2v) is 7.54. The third-order valence-corrected chi connectivity index (χ3v) is 5.84. The van der Waals surface area contributed by atoms with E-state index in [-0.39, 0.29) is 30.0 Å². The van der Waals surface area contributed by atoms with Crippen molar-refractivity contribution in [2.75, 3.05) is 18.0 Å². The number of hydrogen-bond acceptors (Lipinski definition) is 3. The number of carbonyl (C=O) groups excluding carboxylic acids is 1. The number of hydrogen-bond donors (Lipinski definition) is 1. The molecule has 1 amide bonds. The van der Waals surface area contributed by atoms with Crippen molar-refractivity contribution in [1.29, 1.82) is 0 Å². The zero-order valence-corrected chi connectivity index (χ0v) is 15.1. The van der Waals surface area contributed by atoms with Crippen molar-refractivity contribution in [3.8, 4) is 0 Å². The molecule has 2 aliphatic rings. The van der Waals surface area contributed by atoms with Crippen molar-refractivity contribution in [3.05, 3.63) is 29.8 Å². The second-order valence-electron chi connectivity index (χ2n) is 7.54. The van der Waals surface area contributed by atoms with Crippen LogP contribution in [0.5, 0.6) is 0 Å². The Morgan fingerprint density at radius 3 is 2.75 bits per heavy atom. The third-order valence-electron chi connectivity index (χ3n) is 5.84. The SMILES string of the molecule is CC(O)C1CCCN(C(C)C(=O)N2c3ccccc3CCC2C)C1. The van der Waals surface area contributed by atoms with Gasteiger partial charge in [0.15, 0.2) is 0 Å². The number of fused-ring (bicyclic) bond motifs is 1. The fourth-order valence-corrected chi connectivity index (χ4v) is 4.17. The summed E-state index contributed by atoms with van der Waals surface area (Å²) in [5.41, 5.74) is 2.36. The molecule has 2 aliphatic heterocycles. The third kappa shape index (κ3) is 3.35. The topological polar surface area (TPSA) is 43.8 Å². The molecule has 0 saturated carbocycles. The van der Waals surface area contributed by atoms with Crippen molar-refractivity contribution in [2.45, 2.75) is 64.6 Å². The Bertz CT molecular complexity index is 587. The average molecular weight is 330 g/mol. The van der Waals surface area contributed by atoms with Gasteiger partial charge in [0.2, 0.25) is 5.91 Å². The van der Waals surface area contributed by atoms with Crippen LogP contribution in [0.15, 0.2) is 24.3 Å². The number of para-hydroxylation sites is 1. The Morgan fingerprint density at radius 1 is 1.25 bits per heavy atom. The van der Waals surface area contributed by atoms with Gasteiger partial charge in [-0.25, -0.2) is 0 Å². The minimum Gasteiger partial charge on any atom is -0.393 e. The van der Waals surface area contributed by atoms with E-state index >= 15 is 0 Å². The maximum absolute atomic E-state index is 13.3. The lowest BCUT2D eigenvalue weighted by molar-refractivity contribution is -0.124. The highest BCUT2D eigenvalue weighted by molar-refractivity contribution is 5.98. The first-order valence-corrected chi connectivity index (χ1v) is 9.32. The Hall–Kier alpha value is -1.39. The fourth-order valence-electron chi connectivity index (χ4n) is 4.17. The predicted molar refractivity (Wildman–Crippen MR) is 97.2 cm³/mol. The van der Waals surface area contributed by atoms with Crippen molar-refractivity contribution < 1.29 is 9.90 Å². The van der Waals surface area contributed by atoms with Crippen molar-refractivity contribution in [1.82, 2.24) is 4.90 Å². The standard InChI is InChI=1S/C20H30N2O2/c1-14-10-11-17-7-4-5-9-19(17)22(14)20(24)15(2)21-12-6-8-18(13-21)16(3)23/h4-5,7,9,14-16,18,23H,6,8,10-13H2,1-3H3. The van der Waals surface area contributed by atoms with E-state index in [9.17, 15) is 9.90 Å². The number of nitrogens with zero attached hydrogens (tertiary/aromatic N) is 2. The molecule has 0 radical (unpaired) electrons. The Balaban J connectivity index is 1.78. The van der Waals surface area contributed by atoms with Crippen LogP contribution in [-0.2, 0) is 11.2 Å². The van der Waals surface area contributed by atoms with Gasteiger partial charge in [0.05, 0.1) is 12.1 Å². The van der Waals surface area contributed by atoms with Gasteiger partial charge in [-0.1, -0.05) is 18.2 Å². The number of aliphatic hydroxyl groups excluding tert-OH is 1. The van der Waals surface area contributed by atoms with Crippen LogP contribution >= 0.6 is 0 Å². The fraction of sp³-hybridized carbons (Fsp3) is 0.650. The number of amides is 1. The normalized spacial score (nSPS) is 27.4. The van der Waals surface area contributed by atoms with Crippen molar-refractivity contribution >= 4 is 11.6 Å². The van der Waals surface area contributed by atoms with Crippen LogP contribution in [0, 0.1) is 5.92 Å². The molecule has 3 rings (SSSR count). The number of piperidine rings is 1. The Kier molecular flexibility index (Phi) is 5.26. The molecular formula is C20H30N2O2. The molecule has 0 bridgehead atoms. The van der Waals surface area contributed by atoms with Gasteiger partial charge in [0, 0.05) is 18.3 Å². The number of aryl methyl sites for hydroxylation is 1. The van der Waals surface area contributed by atoms with Crippen LogP contribution < -0.4 is 4.90 Å². The highest BCUT2D eigenvalue weighted by Crippen LogP contribution is 2.32. The van der Waals surface area contributed by atoms with Gasteiger partial charge in [-0.05, 0) is 70.5 Å². The summed E-state index contributed by atoms with van der Waals surface area (Å²) in [5, 5.41) is 9.91. The second kappa shape index (κ2) is 7.24. The largest absolute Gasteiger partial charge is 0.393 e. The molecule has 2 heterocycles. The highest BCUT2D eigenvalue weighted by atomic mass is 16.3. The summed E-state index contributed by atoms with van der Waals surface area (Å²) < 4.78 is 0. The molecule has 4 unspecified atom stereocenters. The summed E-state index contributed by atoms with van der Waals surface area (Å²) in [6, 6.07) is 8.39. The number of aliphatic hydroxyl groups is 1. The van der Waals surface area contributed by atoms with E-state index in [1.165, 1.54) is 5.56 Å². The predicted octanol–water partition coefficient (Wildman–Crippen LogP) is 2.84. The minimum atomic E-state index is -0.301. The molecule has 1 aromatic carbocycles. The molecule has 24 heavy (non-hydrogen) atoms. The molecule has 0 aromatic heterocycles. The summed E-state index contributed by atoms with van der Waals surface area (Å²) in [7, 11) is 0. The molecule has 1 saturated heterocycles. The Morgan fingerprint density at radius 2 is 2.00 bits per heavy atom. The lowest BCUT2D eigenvalue weighted by atomic mass is 9.92. The van der Waals surface area contributed by atoms with E-state index < -0.39 is 0 Å². The summed E-state index contributed by atoms with van der Waals surface area (Å²) in [6.07, 6.45) is 3.87. The minimum absolute atomic E-state index is 0.139. The number of carbonyl (C=O) groups is 1. The van der Waals surface area contributed by atoms with Gasteiger partial charge in [0.25, 0.3) is 0 Å². The first-order chi connectivity index (χ1) is 11.5. The van der Waals surface area contributed by atoms with Crippen LogP contribution in [0.2, 0.25) is 0 Å². The summed E-state index contributed by atoms with van der Waals surface area (Å²) in [5.74, 6) is 0.473. The van der Waals surface area contributed by atoms with Gasteiger partial charge in [0.1, 0.15) is 0 Å². The number of benzene rings is 1. The van der Waals surface area contributed by atoms with E-state index in [1.807, 2.05) is 24.8 Å². The van der Waals surface area contributed by atoms with Gasteiger partial charge >= 0.3 is 0 Å². The van der Waals surface area contributed by atoms with Crippen LogP contribution in [0.3, 0.4) is 0 Å². The van der Waals surface area contributed by atoms with Gasteiger partial charge in [-0.15, -0.1) is 0 Å². The van der Waals surface area contributed by atoms with Crippen molar-refractivity contribution in [3.63, 3.8) is 0 Å². The number of likely N-dealkylation sites (tertiary alicyclic amines) is 1. The molecule has 1 N–H and O–H groups in total. The zero-order chi connectivity index (χ0) is 17.3. The summed E-state index contributed by atoms with van der Waals surface area (Å²) in [4.78, 5) is 17.5. The Labute approximate surface area is 145 Å². The zero-order valence-electron chi connectivity index (χ0n) is 15.1. The maximum Gasteiger partial charge on any atom is 0.244 e. The van der Waals surface area contributed by atoms with E-state index in [4.69, 9.17) is 0 Å².